The molecule has 1 aromatic heterocycles. The topological polar surface area (TPSA) is 21.1 Å². The monoisotopic (exact) mass is 281 g/mol. The lowest BCUT2D eigenvalue weighted by atomic mass is 10.1. The second-order valence-electron chi connectivity index (χ2n) is 5.32. The molecule has 5 heteroatoms. The summed E-state index contributed by atoms with van der Waals surface area (Å²) in [5.74, 6) is 1.56. The van der Waals surface area contributed by atoms with Crippen molar-refractivity contribution < 1.29 is 4.39 Å². The predicted molar refractivity (Wildman–Crippen MR) is 74.9 cm³/mol. The first-order valence-electron chi connectivity index (χ1n) is 6.56. The van der Waals surface area contributed by atoms with Gasteiger partial charge in [-0.25, -0.2) is 9.37 Å². The van der Waals surface area contributed by atoms with Gasteiger partial charge in [0.15, 0.2) is 0 Å². The van der Waals surface area contributed by atoms with Crippen molar-refractivity contribution in [3.05, 3.63) is 29.8 Å². The van der Waals surface area contributed by atoms with Crippen molar-refractivity contribution in [3.8, 4) is 0 Å². The summed E-state index contributed by atoms with van der Waals surface area (Å²) in [6.07, 6.45) is 1.17. The fraction of sp³-hybridized carbons (Fsp3) is 0.500. The molecule has 2 heterocycles. The smallest absolute Gasteiger partial charge is 0.125 e. The molecular weight excluding hydrogens is 265 g/mol. The Balaban J connectivity index is 1.98. The fourth-order valence-electron chi connectivity index (χ4n) is 2.89. The molecule has 1 atom stereocenters. The third-order valence-corrected chi connectivity index (χ3v) is 4.08. The van der Waals surface area contributed by atoms with Gasteiger partial charge in [0, 0.05) is 13.1 Å². The van der Waals surface area contributed by atoms with Gasteiger partial charge in [-0.05, 0) is 44.1 Å². The quantitative estimate of drug-likeness (QED) is 0.807. The van der Waals surface area contributed by atoms with Crippen molar-refractivity contribution in [2.45, 2.75) is 18.8 Å². The molecule has 1 aliphatic rings. The number of aromatic nitrogens is 2. The highest BCUT2D eigenvalue weighted by Crippen LogP contribution is 2.23. The Morgan fingerprint density at radius 2 is 2.32 bits per heavy atom. The van der Waals surface area contributed by atoms with E-state index in [2.05, 4.69) is 21.5 Å². The minimum Gasteiger partial charge on any atom is -0.327 e. The summed E-state index contributed by atoms with van der Waals surface area (Å²) in [6.45, 7) is 3.07. The third-order valence-electron chi connectivity index (χ3n) is 3.84. The van der Waals surface area contributed by atoms with Crippen molar-refractivity contribution in [1.29, 1.82) is 0 Å². The summed E-state index contributed by atoms with van der Waals surface area (Å²) in [7, 11) is 2.13. The van der Waals surface area contributed by atoms with Crippen LogP contribution in [0.15, 0.2) is 18.2 Å². The molecule has 0 radical (unpaired) electrons. The number of imidazole rings is 1. The molecule has 102 valence electrons. The number of rotatable bonds is 3. The molecule has 0 amide bonds. The van der Waals surface area contributed by atoms with Crippen molar-refractivity contribution >= 4 is 22.6 Å². The number of likely N-dealkylation sites (tertiary alicyclic amines) is 1. The summed E-state index contributed by atoms with van der Waals surface area (Å²) >= 11 is 5.97. The van der Waals surface area contributed by atoms with Crippen molar-refractivity contribution in [1.82, 2.24) is 14.5 Å². The number of alkyl halides is 1. The van der Waals surface area contributed by atoms with E-state index < -0.39 is 0 Å². The van der Waals surface area contributed by atoms with E-state index in [1.807, 2.05) is 0 Å². The molecule has 1 aromatic carbocycles. The lowest BCUT2D eigenvalue weighted by molar-refractivity contribution is 0.378. The Morgan fingerprint density at radius 3 is 3.00 bits per heavy atom. The minimum absolute atomic E-state index is 0.224. The minimum atomic E-state index is -0.224. The van der Waals surface area contributed by atoms with Crippen LogP contribution in [-0.2, 0) is 12.4 Å². The maximum Gasteiger partial charge on any atom is 0.125 e. The first-order chi connectivity index (χ1) is 9.17. The Kier molecular flexibility index (Phi) is 3.46. The van der Waals surface area contributed by atoms with Gasteiger partial charge in [0.2, 0.25) is 0 Å². The Bertz CT molecular complexity index is 596. The zero-order valence-corrected chi connectivity index (χ0v) is 11.7. The van der Waals surface area contributed by atoms with Crippen LogP contribution in [0, 0.1) is 11.7 Å². The van der Waals surface area contributed by atoms with Gasteiger partial charge in [0.1, 0.15) is 11.6 Å². The number of fused-ring (bicyclic) bond motifs is 1. The van der Waals surface area contributed by atoms with E-state index in [1.54, 1.807) is 12.1 Å². The normalized spacial score (nSPS) is 20.5. The van der Waals surface area contributed by atoms with Crippen LogP contribution < -0.4 is 0 Å². The molecule has 0 spiro atoms. The molecule has 1 unspecified atom stereocenters. The van der Waals surface area contributed by atoms with Gasteiger partial charge in [-0.1, -0.05) is 0 Å². The second kappa shape index (κ2) is 5.10. The van der Waals surface area contributed by atoms with Crippen LogP contribution in [0.5, 0.6) is 0 Å². The number of benzene rings is 1. The van der Waals surface area contributed by atoms with Crippen LogP contribution in [0.3, 0.4) is 0 Å². The van der Waals surface area contributed by atoms with Crippen molar-refractivity contribution in [2.24, 2.45) is 5.92 Å². The standard InChI is InChI=1S/C14H17ClFN3/c1-18-5-4-10(8-18)9-19-13-6-11(16)2-3-12(13)17-14(19)7-15/h2-3,6,10H,4-5,7-9H2,1H3. The van der Waals surface area contributed by atoms with Gasteiger partial charge in [-0.3, -0.25) is 0 Å². The first kappa shape index (κ1) is 12.9. The van der Waals surface area contributed by atoms with Gasteiger partial charge >= 0.3 is 0 Å². The molecule has 0 N–H and O–H groups in total. The highest BCUT2D eigenvalue weighted by molar-refractivity contribution is 6.16. The van der Waals surface area contributed by atoms with E-state index in [-0.39, 0.29) is 5.82 Å². The second-order valence-corrected chi connectivity index (χ2v) is 5.59. The number of hydrogen-bond acceptors (Lipinski definition) is 2. The lowest BCUT2D eigenvalue weighted by Crippen LogP contribution is -2.18. The Hall–Kier alpha value is -1.13. The average molecular weight is 282 g/mol. The Morgan fingerprint density at radius 1 is 1.47 bits per heavy atom. The molecular formula is C14H17ClFN3. The zero-order chi connectivity index (χ0) is 13.4. The van der Waals surface area contributed by atoms with E-state index in [9.17, 15) is 4.39 Å². The molecule has 1 saturated heterocycles. The highest BCUT2D eigenvalue weighted by atomic mass is 35.5. The van der Waals surface area contributed by atoms with Crippen LogP contribution in [0.1, 0.15) is 12.2 Å². The predicted octanol–water partition coefficient (Wildman–Crippen LogP) is 2.87. The van der Waals surface area contributed by atoms with E-state index in [0.29, 0.717) is 11.8 Å². The SMILES string of the molecule is CN1CCC(Cn2c(CCl)nc3ccc(F)cc32)C1. The van der Waals surface area contributed by atoms with Crippen LogP contribution in [0.4, 0.5) is 4.39 Å². The average Bonchev–Trinajstić information content (AvgIpc) is 2.94. The highest BCUT2D eigenvalue weighted by Gasteiger charge is 2.22. The van der Waals surface area contributed by atoms with Gasteiger partial charge < -0.3 is 9.47 Å². The van der Waals surface area contributed by atoms with Gasteiger partial charge in [0.05, 0.1) is 16.9 Å². The molecule has 0 saturated carbocycles. The van der Waals surface area contributed by atoms with Gasteiger partial charge in [-0.15, -0.1) is 11.6 Å². The number of hydrogen-bond donors (Lipinski definition) is 0. The Labute approximate surface area is 117 Å². The van der Waals surface area contributed by atoms with Crippen molar-refractivity contribution in [2.75, 3.05) is 20.1 Å². The molecule has 3 rings (SSSR count). The third kappa shape index (κ3) is 2.47. The summed E-state index contributed by atoms with van der Waals surface area (Å²) in [4.78, 5) is 6.81. The van der Waals surface area contributed by atoms with Gasteiger partial charge in [-0.2, -0.15) is 0 Å². The fourth-order valence-corrected chi connectivity index (χ4v) is 3.09. The van der Waals surface area contributed by atoms with E-state index >= 15 is 0 Å². The summed E-state index contributed by atoms with van der Waals surface area (Å²) < 4.78 is 15.5. The van der Waals surface area contributed by atoms with Crippen molar-refractivity contribution in [3.63, 3.8) is 0 Å². The maximum atomic E-state index is 13.4. The summed E-state index contributed by atoms with van der Waals surface area (Å²) in [6, 6.07) is 4.72. The van der Waals surface area contributed by atoms with E-state index in [0.717, 1.165) is 36.5 Å². The van der Waals surface area contributed by atoms with Crippen LogP contribution in [0.2, 0.25) is 0 Å². The summed E-state index contributed by atoms with van der Waals surface area (Å²) in [5, 5.41) is 0. The first-order valence-corrected chi connectivity index (χ1v) is 7.10. The molecule has 1 fully saturated rings. The molecule has 3 nitrogen and oxygen atoms in total. The largest absolute Gasteiger partial charge is 0.327 e. The van der Waals surface area contributed by atoms with Gasteiger partial charge in [0.25, 0.3) is 0 Å². The van der Waals surface area contributed by atoms with E-state index in [4.69, 9.17) is 11.6 Å². The molecule has 1 aliphatic heterocycles. The zero-order valence-electron chi connectivity index (χ0n) is 10.9. The molecule has 0 aliphatic carbocycles. The van der Waals surface area contributed by atoms with Crippen LogP contribution in [0.25, 0.3) is 11.0 Å². The molecule has 0 bridgehead atoms. The number of nitrogens with zero attached hydrogens (tertiary/aromatic N) is 3. The van der Waals surface area contributed by atoms with Crippen LogP contribution >= 0.6 is 11.6 Å². The van der Waals surface area contributed by atoms with Crippen LogP contribution in [-0.4, -0.2) is 34.6 Å². The molecule has 19 heavy (non-hydrogen) atoms. The number of halogens is 2. The molecule has 2 aromatic rings. The lowest BCUT2D eigenvalue weighted by Gasteiger charge is -2.14. The maximum absolute atomic E-state index is 13.4. The summed E-state index contributed by atoms with van der Waals surface area (Å²) in [5.41, 5.74) is 1.67. The van der Waals surface area contributed by atoms with E-state index in [1.165, 1.54) is 12.5 Å².